The second-order valence-corrected chi connectivity index (χ2v) is 6.86. The number of carbonyl (C=O) groups excluding carboxylic acids is 1. The third-order valence-electron chi connectivity index (χ3n) is 4.37. The zero-order chi connectivity index (χ0) is 16.4. The van der Waals surface area contributed by atoms with Crippen LogP contribution < -0.4 is 10.6 Å². The Morgan fingerprint density at radius 3 is 2.91 bits per heavy atom. The first-order chi connectivity index (χ1) is 10.9. The lowest BCUT2D eigenvalue weighted by molar-refractivity contribution is -0.135. The molecule has 0 saturated carbocycles. The van der Waals surface area contributed by atoms with Crippen molar-refractivity contribution in [1.82, 2.24) is 10.6 Å². The molecule has 1 amide bonds. The number of hydrogen-bond donors (Lipinski definition) is 2. The van der Waals surface area contributed by atoms with E-state index in [-0.39, 0.29) is 36.2 Å². The van der Waals surface area contributed by atoms with Gasteiger partial charge in [0.25, 0.3) is 0 Å². The first-order valence-electron chi connectivity index (χ1n) is 7.73. The van der Waals surface area contributed by atoms with Gasteiger partial charge in [0.05, 0.1) is 12.1 Å². The van der Waals surface area contributed by atoms with Gasteiger partial charge in [-0.05, 0) is 36.3 Å². The molecule has 3 unspecified atom stereocenters. The van der Waals surface area contributed by atoms with E-state index in [9.17, 15) is 18.0 Å². The zero-order valence-electron chi connectivity index (χ0n) is 12.5. The fourth-order valence-corrected chi connectivity index (χ4v) is 4.05. The number of carbonyl (C=O) groups is 1. The average Bonchev–Trinajstić information content (AvgIpc) is 3.16. The highest BCUT2D eigenvalue weighted by Gasteiger charge is 2.38. The normalized spacial score (nSPS) is 28.8. The van der Waals surface area contributed by atoms with Gasteiger partial charge in [0, 0.05) is 25.6 Å². The molecule has 3 heterocycles. The molecule has 2 N–H and O–H groups in total. The SMILES string of the molecule is O=C1CCC(NCc2ccsc2C(F)(F)F)C(C2CCCO2)N1. The van der Waals surface area contributed by atoms with Crippen LogP contribution >= 0.6 is 11.3 Å². The van der Waals surface area contributed by atoms with Gasteiger partial charge in [-0.25, -0.2) is 0 Å². The van der Waals surface area contributed by atoms with Gasteiger partial charge >= 0.3 is 6.18 Å². The third-order valence-corrected chi connectivity index (χ3v) is 5.37. The van der Waals surface area contributed by atoms with Gasteiger partial charge in [-0.1, -0.05) is 0 Å². The fraction of sp³-hybridized carbons (Fsp3) is 0.667. The minimum atomic E-state index is -4.32. The van der Waals surface area contributed by atoms with Crippen molar-refractivity contribution in [2.75, 3.05) is 6.61 Å². The Labute approximate surface area is 136 Å². The molecule has 0 aromatic carbocycles. The topological polar surface area (TPSA) is 50.4 Å². The van der Waals surface area contributed by atoms with Gasteiger partial charge in [-0.15, -0.1) is 11.3 Å². The van der Waals surface area contributed by atoms with Crippen LogP contribution in [-0.2, 0) is 22.3 Å². The second-order valence-electron chi connectivity index (χ2n) is 5.94. The quantitative estimate of drug-likeness (QED) is 0.880. The Kier molecular flexibility index (Phi) is 4.93. The number of ether oxygens (including phenoxy) is 1. The standard InChI is InChI=1S/C15H19F3N2O2S/c16-15(17,18)14-9(5-7-23-14)8-19-10-3-4-12(21)20-13(10)11-2-1-6-22-11/h5,7,10-11,13,19H,1-4,6,8H2,(H,20,21). The van der Waals surface area contributed by atoms with E-state index in [2.05, 4.69) is 10.6 Å². The van der Waals surface area contributed by atoms with Gasteiger partial charge in [0.15, 0.2) is 0 Å². The van der Waals surface area contributed by atoms with E-state index in [0.717, 1.165) is 12.8 Å². The lowest BCUT2D eigenvalue weighted by Gasteiger charge is -2.36. The molecule has 0 radical (unpaired) electrons. The number of nitrogens with one attached hydrogen (secondary N) is 2. The minimum absolute atomic E-state index is 0.0185. The maximum Gasteiger partial charge on any atom is 0.425 e. The van der Waals surface area contributed by atoms with Crippen molar-refractivity contribution in [2.45, 2.75) is 56.6 Å². The molecule has 1 aromatic heterocycles. The van der Waals surface area contributed by atoms with Crippen molar-refractivity contribution >= 4 is 17.2 Å². The molecule has 8 heteroatoms. The van der Waals surface area contributed by atoms with Crippen molar-refractivity contribution in [1.29, 1.82) is 0 Å². The predicted molar refractivity (Wildman–Crippen MR) is 80.1 cm³/mol. The van der Waals surface area contributed by atoms with Gasteiger partial charge in [0.1, 0.15) is 4.88 Å². The summed E-state index contributed by atoms with van der Waals surface area (Å²) in [7, 11) is 0. The fourth-order valence-electron chi connectivity index (χ4n) is 3.26. The highest BCUT2D eigenvalue weighted by molar-refractivity contribution is 7.10. The molecule has 2 aliphatic heterocycles. The van der Waals surface area contributed by atoms with Crippen molar-refractivity contribution in [2.24, 2.45) is 0 Å². The molecule has 1 aromatic rings. The Morgan fingerprint density at radius 2 is 2.22 bits per heavy atom. The van der Waals surface area contributed by atoms with Gasteiger partial charge in [-0.2, -0.15) is 13.2 Å². The van der Waals surface area contributed by atoms with E-state index in [0.29, 0.717) is 30.8 Å². The summed E-state index contributed by atoms with van der Waals surface area (Å²) in [5.74, 6) is -0.0185. The summed E-state index contributed by atoms with van der Waals surface area (Å²) in [6.45, 7) is 0.814. The molecule has 2 saturated heterocycles. The summed E-state index contributed by atoms with van der Waals surface area (Å²) in [5, 5.41) is 7.59. The lowest BCUT2D eigenvalue weighted by atomic mass is 9.92. The number of halogens is 3. The van der Waals surface area contributed by atoms with Gasteiger partial charge in [0.2, 0.25) is 5.91 Å². The van der Waals surface area contributed by atoms with E-state index in [1.54, 1.807) is 0 Å². The van der Waals surface area contributed by atoms with Crippen molar-refractivity contribution in [3.8, 4) is 0 Å². The van der Waals surface area contributed by atoms with Gasteiger partial charge in [-0.3, -0.25) is 4.79 Å². The van der Waals surface area contributed by atoms with Gasteiger partial charge < -0.3 is 15.4 Å². The third kappa shape index (κ3) is 3.87. The second kappa shape index (κ2) is 6.78. The Morgan fingerprint density at radius 1 is 1.39 bits per heavy atom. The van der Waals surface area contributed by atoms with Crippen LogP contribution in [0.15, 0.2) is 11.4 Å². The Balaban J connectivity index is 1.66. The summed E-state index contributed by atoms with van der Waals surface area (Å²) < 4.78 is 44.4. The van der Waals surface area contributed by atoms with E-state index in [1.165, 1.54) is 11.4 Å². The van der Waals surface area contributed by atoms with E-state index in [4.69, 9.17) is 4.74 Å². The lowest BCUT2D eigenvalue weighted by Crippen LogP contribution is -2.58. The van der Waals surface area contributed by atoms with Crippen LogP contribution in [0.25, 0.3) is 0 Å². The summed E-state index contributed by atoms with van der Waals surface area (Å²) in [4.78, 5) is 11.1. The summed E-state index contributed by atoms with van der Waals surface area (Å²) in [6.07, 6.45) is -1.55. The highest BCUT2D eigenvalue weighted by Crippen LogP contribution is 2.36. The number of amides is 1. The number of thiophene rings is 1. The van der Waals surface area contributed by atoms with Crippen LogP contribution in [0.3, 0.4) is 0 Å². The Hall–Kier alpha value is -1.12. The molecule has 3 atom stereocenters. The molecular formula is C15H19F3N2O2S. The molecule has 0 spiro atoms. The van der Waals surface area contributed by atoms with E-state index in [1.807, 2.05) is 0 Å². The van der Waals surface area contributed by atoms with Crippen molar-refractivity contribution < 1.29 is 22.7 Å². The van der Waals surface area contributed by atoms with Crippen LogP contribution in [0.2, 0.25) is 0 Å². The number of rotatable bonds is 4. The smallest absolute Gasteiger partial charge is 0.376 e. The van der Waals surface area contributed by atoms with Crippen LogP contribution in [0.1, 0.15) is 36.1 Å². The average molecular weight is 348 g/mol. The van der Waals surface area contributed by atoms with Crippen LogP contribution in [0.5, 0.6) is 0 Å². The van der Waals surface area contributed by atoms with Crippen LogP contribution in [0.4, 0.5) is 13.2 Å². The number of piperidine rings is 1. The first kappa shape index (κ1) is 16.7. The van der Waals surface area contributed by atoms with Crippen molar-refractivity contribution in [3.05, 3.63) is 21.9 Å². The predicted octanol–water partition coefficient (Wildman–Crippen LogP) is 2.68. The van der Waals surface area contributed by atoms with Crippen LogP contribution in [-0.4, -0.2) is 30.7 Å². The number of alkyl halides is 3. The molecule has 23 heavy (non-hydrogen) atoms. The first-order valence-corrected chi connectivity index (χ1v) is 8.61. The van der Waals surface area contributed by atoms with Crippen molar-refractivity contribution in [3.63, 3.8) is 0 Å². The molecule has 2 aliphatic rings. The Bertz CT molecular complexity index is 555. The monoisotopic (exact) mass is 348 g/mol. The maximum absolute atomic E-state index is 12.9. The number of hydrogen-bond acceptors (Lipinski definition) is 4. The minimum Gasteiger partial charge on any atom is -0.376 e. The van der Waals surface area contributed by atoms with E-state index >= 15 is 0 Å². The summed E-state index contributed by atoms with van der Waals surface area (Å²) in [5.41, 5.74) is 0.255. The van der Waals surface area contributed by atoms with E-state index < -0.39 is 11.1 Å². The molecular weight excluding hydrogens is 329 g/mol. The molecule has 128 valence electrons. The molecule has 0 aliphatic carbocycles. The largest absolute Gasteiger partial charge is 0.425 e. The molecule has 2 fully saturated rings. The molecule has 0 bridgehead atoms. The molecule has 3 rings (SSSR count). The zero-order valence-corrected chi connectivity index (χ0v) is 13.3. The highest BCUT2D eigenvalue weighted by atomic mass is 32.1. The van der Waals surface area contributed by atoms with Crippen LogP contribution in [0, 0.1) is 0 Å². The summed E-state index contributed by atoms with van der Waals surface area (Å²) in [6, 6.07) is 1.26. The maximum atomic E-state index is 12.9. The summed E-state index contributed by atoms with van der Waals surface area (Å²) >= 11 is 0.710. The molecule has 4 nitrogen and oxygen atoms in total.